The first-order valence-corrected chi connectivity index (χ1v) is 9.52. The Bertz CT molecular complexity index is 733. The lowest BCUT2D eigenvalue weighted by atomic mass is 9.85. The number of nitrogens with one attached hydrogen (secondary N) is 1. The van der Waals surface area contributed by atoms with Crippen molar-refractivity contribution in [2.24, 2.45) is 5.92 Å². The van der Waals surface area contributed by atoms with E-state index in [0.29, 0.717) is 6.54 Å². The minimum absolute atomic E-state index is 0.188. The number of aryl methyl sites for hydroxylation is 1. The van der Waals surface area contributed by atoms with E-state index in [4.69, 9.17) is 0 Å². The van der Waals surface area contributed by atoms with Gasteiger partial charge in [-0.05, 0) is 25.8 Å². The summed E-state index contributed by atoms with van der Waals surface area (Å²) in [4.78, 5) is 18.9. The number of hydrogen-bond acceptors (Lipinski definition) is 5. The van der Waals surface area contributed by atoms with Crippen molar-refractivity contribution in [3.63, 3.8) is 0 Å². The van der Waals surface area contributed by atoms with Gasteiger partial charge in [-0.15, -0.1) is 11.3 Å². The monoisotopic (exact) mass is 345 g/mol. The van der Waals surface area contributed by atoms with Crippen LogP contribution in [0.5, 0.6) is 0 Å². The molecule has 2 aromatic heterocycles. The Labute approximate surface area is 145 Å². The van der Waals surface area contributed by atoms with E-state index in [1.807, 2.05) is 6.92 Å². The molecule has 2 aliphatic rings. The van der Waals surface area contributed by atoms with Gasteiger partial charge in [0.25, 0.3) is 0 Å². The molecule has 1 aliphatic carbocycles. The van der Waals surface area contributed by atoms with Gasteiger partial charge in [0.2, 0.25) is 5.91 Å². The van der Waals surface area contributed by atoms with Crippen molar-refractivity contribution in [2.45, 2.75) is 52.4 Å². The highest BCUT2D eigenvalue weighted by atomic mass is 32.1. The van der Waals surface area contributed by atoms with E-state index in [0.717, 1.165) is 55.4 Å². The van der Waals surface area contributed by atoms with E-state index in [1.54, 1.807) is 11.3 Å². The molecule has 3 heterocycles. The molecule has 0 saturated heterocycles. The van der Waals surface area contributed by atoms with Gasteiger partial charge in [0.15, 0.2) is 0 Å². The second-order valence-corrected chi connectivity index (χ2v) is 7.83. The molecule has 24 heavy (non-hydrogen) atoms. The summed E-state index contributed by atoms with van der Waals surface area (Å²) >= 11 is 1.71. The van der Waals surface area contributed by atoms with Gasteiger partial charge in [0, 0.05) is 30.9 Å². The predicted molar refractivity (Wildman–Crippen MR) is 92.4 cm³/mol. The van der Waals surface area contributed by atoms with E-state index in [2.05, 4.69) is 36.4 Å². The topological polar surface area (TPSA) is 63.1 Å². The number of nitrogens with zero attached hydrogens (tertiary/aromatic N) is 4. The minimum atomic E-state index is 0.188. The van der Waals surface area contributed by atoms with Crippen molar-refractivity contribution in [1.82, 2.24) is 25.0 Å². The first-order valence-electron chi connectivity index (χ1n) is 8.64. The Morgan fingerprint density at radius 1 is 1.38 bits per heavy atom. The average Bonchev–Trinajstić information content (AvgIpc) is 3.09. The molecule has 0 radical (unpaired) electrons. The number of fused-ring (bicyclic) bond motifs is 1. The maximum atomic E-state index is 11.9. The fourth-order valence-corrected chi connectivity index (χ4v) is 3.91. The van der Waals surface area contributed by atoms with Crippen molar-refractivity contribution < 1.29 is 4.79 Å². The molecule has 0 spiro atoms. The molecule has 7 heteroatoms. The molecule has 0 bridgehead atoms. The van der Waals surface area contributed by atoms with Crippen LogP contribution >= 0.6 is 11.3 Å². The van der Waals surface area contributed by atoms with E-state index in [1.165, 1.54) is 12.1 Å². The predicted octanol–water partition coefficient (Wildman–Crippen LogP) is 2.08. The van der Waals surface area contributed by atoms with Gasteiger partial charge in [-0.1, -0.05) is 6.42 Å². The summed E-state index contributed by atoms with van der Waals surface area (Å²) in [6, 6.07) is 2.12. The highest BCUT2D eigenvalue weighted by Gasteiger charge is 2.25. The summed E-state index contributed by atoms with van der Waals surface area (Å²) in [5.74, 6) is 0.423. The Hall–Kier alpha value is -1.73. The molecule has 0 aromatic carbocycles. The second kappa shape index (κ2) is 6.64. The standard InChI is InChI=1S/C17H23N5OS/c1-12-19-15(11-24-12)9-21-5-6-22-16(10-21)7-14(20-22)8-18-17(23)13-3-2-4-13/h7,11,13H,2-6,8-10H2,1H3,(H,18,23). The van der Waals surface area contributed by atoms with Gasteiger partial charge in [0.1, 0.15) is 0 Å². The van der Waals surface area contributed by atoms with Crippen molar-refractivity contribution in [1.29, 1.82) is 0 Å². The zero-order chi connectivity index (χ0) is 16.5. The van der Waals surface area contributed by atoms with Gasteiger partial charge < -0.3 is 5.32 Å². The molecule has 6 nitrogen and oxygen atoms in total. The summed E-state index contributed by atoms with van der Waals surface area (Å²) in [6.45, 7) is 6.25. The fourth-order valence-electron chi connectivity index (χ4n) is 3.30. The third-order valence-electron chi connectivity index (χ3n) is 4.90. The van der Waals surface area contributed by atoms with Crippen LogP contribution in [-0.4, -0.2) is 32.1 Å². The number of hydrogen-bond donors (Lipinski definition) is 1. The van der Waals surface area contributed by atoms with Gasteiger partial charge >= 0.3 is 0 Å². The van der Waals surface area contributed by atoms with Crippen LogP contribution in [0.1, 0.15) is 41.4 Å². The molecule has 1 amide bonds. The molecule has 4 rings (SSSR count). The molecular weight excluding hydrogens is 322 g/mol. The highest BCUT2D eigenvalue weighted by molar-refractivity contribution is 7.09. The SMILES string of the molecule is Cc1nc(CN2CCn3nc(CNC(=O)C4CCC4)cc3C2)cs1. The highest BCUT2D eigenvalue weighted by Crippen LogP contribution is 2.26. The van der Waals surface area contributed by atoms with Crippen molar-refractivity contribution >= 4 is 17.2 Å². The average molecular weight is 345 g/mol. The maximum Gasteiger partial charge on any atom is 0.223 e. The summed E-state index contributed by atoms with van der Waals surface area (Å²) < 4.78 is 2.08. The molecule has 1 fully saturated rings. The summed E-state index contributed by atoms with van der Waals surface area (Å²) in [6.07, 6.45) is 3.26. The lowest BCUT2D eigenvalue weighted by molar-refractivity contribution is -0.127. The molecule has 1 saturated carbocycles. The van der Waals surface area contributed by atoms with Crippen molar-refractivity contribution in [3.8, 4) is 0 Å². The van der Waals surface area contributed by atoms with Crippen LogP contribution in [0.15, 0.2) is 11.4 Å². The molecular formula is C17H23N5OS. The van der Waals surface area contributed by atoms with Crippen LogP contribution in [0.25, 0.3) is 0 Å². The van der Waals surface area contributed by atoms with Crippen LogP contribution < -0.4 is 5.32 Å². The fraction of sp³-hybridized carbons (Fsp3) is 0.588. The van der Waals surface area contributed by atoms with Crippen LogP contribution in [0.3, 0.4) is 0 Å². The first kappa shape index (κ1) is 15.8. The zero-order valence-electron chi connectivity index (χ0n) is 14.0. The van der Waals surface area contributed by atoms with Crippen LogP contribution in [0.2, 0.25) is 0 Å². The normalized spacial score (nSPS) is 18.2. The maximum absolute atomic E-state index is 11.9. The van der Waals surface area contributed by atoms with Gasteiger partial charge in [-0.25, -0.2) is 4.98 Å². The number of thiazole rings is 1. The third-order valence-corrected chi connectivity index (χ3v) is 5.72. The summed E-state index contributed by atoms with van der Waals surface area (Å²) in [5, 5.41) is 10.9. The smallest absolute Gasteiger partial charge is 0.223 e. The molecule has 0 atom stereocenters. The largest absolute Gasteiger partial charge is 0.350 e. The minimum Gasteiger partial charge on any atom is -0.350 e. The number of carbonyl (C=O) groups is 1. The lowest BCUT2D eigenvalue weighted by Crippen LogP contribution is -2.34. The van der Waals surface area contributed by atoms with Gasteiger partial charge in [-0.2, -0.15) is 5.10 Å². The molecule has 2 aromatic rings. The van der Waals surface area contributed by atoms with E-state index in [-0.39, 0.29) is 11.8 Å². The Kier molecular flexibility index (Phi) is 4.37. The Balaban J connectivity index is 1.34. The Morgan fingerprint density at radius 2 is 2.25 bits per heavy atom. The van der Waals surface area contributed by atoms with E-state index in [9.17, 15) is 4.79 Å². The summed E-state index contributed by atoms with van der Waals surface area (Å²) in [7, 11) is 0. The van der Waals surface area contributed by atoms with Crippen molar-refractivity contribution in [3.05, 3.63) is 33.5 Å². The van der Waals surface area contributed by atoms with Gasteiger partial charge in [-0.3, -0.25) is 14.4 Å². The molecule has 1 N–H and O–H groups in total. The Morgan fingerprint density at radius 3 is 2.96 bits per heavy atom. The van der Waals surface area contributed by atoms with Crippen LogP contribution in [0.4, 0.5) is 0 Å². The van der Waals surface area contributed by atoms with Crippen LogP contribution in [0, 0.1) is 12.8 Å². The number of rotatable bonds is 5. The van der Waals surface area contributed by atoms with E-state index >= 15 is 0 Å². The van der Waals surface area contributed by atoms with Crippen LogP contribution in [-0.2, 0) is 31.0 Å². The zero-order valence-corrected chi connectivity index (χ0v) is 14.8. The number of carbonyl (C=O) groups excluding carboxylic acids is 1. The van der Waals surface area contributed by atoms with E-state index < -0.39 is 0 Å². The second-order valence-electron chi connectivity index (χ2n) is 6.76. The van der Waals surface area contributed by atoms with Crippen molar-refractivity contribution in [2.75, 3.05) is 6.54 Å². The molecule has 0 unspecified atom stereocenters. The third kappa shape index (κ3) is 3.37. The summed E-state index contributed by atoms with van der Waals surface area (Å²) in [5.41, 5.74) is 3.34. The molecule has 1 aliphatic heterocycles. The number of aromatic nitrogens is 3. The van der Waals surface area contributed by atoms with Gasteiger partial charge in [0.05, 0.1) is 35.2 Å². The number of amides is 1. The quantitative estimate of drug-likeness (QED) is 0.901. The lowest BCUT2D eigenvalue weighted by Gasteiger charge is -2.26. The first-order chi connectivity index (χ1) is 11.7. The molecule has 128 valence electrons.